The summed E-state index contributed by atoms with van der Waals surface area (Å²) >= 11 is 1.13. The first-order chi connectivity index (χ1) is 16.6. The van der Waals surface area contributed by atoms with Gasteiger partial charge in [-0.1, -0.05) is 6.07 Å². The number of nitrogens with one attached hydrogen (secondary N) is 2. The van der Waals surface area contributed by atoms with E-state index in [1.807, 2.05) is 0 Å². The topological polar surface area (TPSA) is 140 Å². The van der Waals surface area contributed by atoms with Gasteiger partial charge in [0.15, 0.2) is 6.61 Å². The van der Waals surface area contributed by atoms with E-state index in [-0.39, 0.29) is 28.7 Å². The van der Waals surface area contributed by atoms with Gasteiger partial charge in [0.05, 0.1) is 29.6 Å². The highest BCUT2D eigenvalue weighted by molar-refractivity contribution is 7.94. The number of thiophene rings is 1. The molecule has 13 heteroatoms. The molecule has 0 radical (unpaired) electrons. The van der Waals surface area contributed by atoms with E-state index in [9.17, 15) is 22.8 Å². The van der Waals surface area contributed by atoms with Crippen LogP contribution >= 0.6 is 11.3 Å². The summed E-state index contributed by atoms with van der Waals surface area (Å²) in [4.78, 5) is 36.1. The predicted molar refractivity (Wildman–Crippen MR) is 128 cm³/mol. The molecule has 0 bridgehead atoms. The third-order valence-electron chi connectivity index (χ3n) is 4.91. The second-order valence-electron chi connectivity index (χ2n) is 7.28. The molecule has 2 heterocycles. The van der Waals surface area contributed by atoms with Crippen LogP contribution in [0.25, 0.3) is 0 Å². The van der Waals surface area contributed by atoms with Gasteiger partial charge in [-0.15, -0.1) is 11.3 Å². The molecule has 0 saturated heterocycles. The first-order valence-corrected chi connectivity index (χ1v) is 12.8. The van der Waals surface area contributed by atoms with Crippen LogP contribution in [0.4, 0.5) is 10.5 Å². The molecule has 3 rings (SSSR count). The van der Waals surface area contributed by atoms with E-state index in [1.165, 1.54) is 25.2 Å². The van der Waals surface area contributed by atoms with Gasteiger partial charge in [0, 0.05) is 7.05 Å². The third-order valence-corrected chi connectivity index (χ3v) is 8.07. The van der Waals surface area contributed by atoms with Crippen molar-refractivity contribution in [3.8, 4) is 5.75 Å². The molecular formula is C22H25N3O8S2. The van der Waals surface area contributed by atoms with Crippen LogP contribution in [0, 0.1) is 0 Å². The first kappa shape index (κ1) is 26.0. The molecule has 1 aliphatic heterocycles. The zero-order chi connectivity index (χ0) is 25.6. The smallest absolute Gasteiger partial charge is 0.344 e. The highest BCUT2D eigenvalue weighted by atomic mass is 32.2. The Balaban J connectivity index is 1.57. The number of sulfonamides is 1. The van der Waals surface area contributed by atoms with Crippen molar-refractivity contribution in [2.24, 2.45) is 0 Å². The minimum Gasteiger partial charge on any atom is -0.482 e. The monoisotopic (exact) mass is 523 g/mol. The number of anilines is 1. The Bertz CT molecular complexity index is 1210. The average Bonchev–Trinajstić information content (AvgIpc) is 3.37. The van der Waals surface area contributed by atoms with Crippen molar-refractivity contribution in [2.45, 2.75) is 24.1 Å². The van der Waals surface area contributed by atoms with Gasteiger partial charge in [-0.3, -0.25) is 4.31 Å². The van der Waals surface area contributed by atoms with Crippen LogP contribution in [-0.2, 0) is 29.1 Å². The quantitative estimate of drug-likeness (QED) is 0.451. The molecule has 11 nitrogen and oxygen atoms in total. The number of ether oxygens (including phenoxy) is 3. The lowest BCUT2D eigenvalue weighted by atomic mass is 10.0. The average molecular weight is 524 g/mol. The molecule has 1 aromatic carbocycles. The SMILES string of the molecule is CCOC(=O)C1=C(COC(=O)COc2ccc(N(C)S(=O)(=O)c3cccs3)cc2)NC(=O)NC1C. The number of carbonyl (C=O) groups is 3. The van der Waals surface area contributed by atoms with Crippen molar-refractivity contribution in [2.75, 3.05) is 31.2 Å². The van der Waals surface area contributed by atoms with Crippen LogP contribution < -0.4 is 19.7 Å². The van der Waals surface area contributed by atoms with Crippen molar-refractivity contribution in [1.82, 2.24) is 10.6 Å². The normalized spacial score (nSPS) is 15.6. The lowest BCUT2D eigenvalue weighted by molar-refractivity contribution is -0.145. The molecule has 2 N–H and O–H groups in total. The summed E-state index contributed by atoms with van der Waals surface area (Å²) in [5.74, 6) is -1.04. The van der Waals surface area contributed by atoms with E-state index >= 15 is 0 Å². The minimum absolute atomic E-state index is 0.132. The highest BCUT2D eigenvalue weighted by Crippen LogP contribution is 2.26. The summed E-state index contributed by atoms with van der Waals surface area (Å²) in [6.07, 6.45) is 0. The number of nitrogens with zero attached hydrogens (tertiary/aromatic N) is 1. The Morgan fingerprint density at radius 2 is 1.86 bits per heavy atom. The minimum atomic E-state index is -3.66. The van der Waals surface area contributed by atoms with Crippen molar-refractivity contribution < 1.29 is 37.0 Å². The van der Waals surface area contributed by atoms with Crippen molar-refractivity contribution in [3.05, 3.63) is 53.0 Å². The Morgan fingerprint density at radius 1 is 1.14 bits per heavy atom. The molecule has 0 saturated carbocycles. The maximum absolute atomic E-state index is 12.6. The van der Waals surface area contributed by atoms with Gasteiger partial charge in [0.1, 0.15) is 16.6 Å². The van der Waals surface area contributed by atoms with E-state index in [1.54, 1.807) is 37.4 Å². The Morgan fingerprint density at radius 3 is 2.49 bits per heavy atom. The maximum Gasteiger partial charge on any atom is 0.344 e. The highest BCUT2D eigenvalue weighted by Gasteiger charge is 2.30. The molecule has 1 atom stereocenters. The molecule has 0 aliphatic carbocycles. The van der Waals surface area contributed by atoms with Gasteiger partial charge in [0.25, 0.3) is 10.0 Å². The number of benzene rings is 1. The summed E-state index contributed by atoms with van der Waals surface area (Å²) in [6.45, 7) is 2.63. The van der Waals surface area contributed by atoms with E-state index in [4.69, 9.17) is 14.2 Å². The lowest BCUT2D eigenvalue weighted by Gasteiger charge is -2.26. The van der Waals surface area contributed by atoms with E-state index < -0.39 is 40.6 Å². The van der Waals surface area contributed by atoms with Crippen molar-refractivity contribution in [1.29, 1.82) is 0 Å². The Hall–Kier alpha value is -3.58. The van der Waals surface area contributed by atoms with Crippen LogP contribution in [0.5, 0.6) is 5.75 Å². The van der Waals surface area contributed by atoms with E-state index in [2.05, 4.69) is 10.6 Å². The maximum atomic E-state index is 12.6. The van der Waals surface area contributed by atoms with Crippen molar-refractivity contribution >= 4 is 45.0 Å². The standard InChI is InChI=1S/C22H25N3O8S2/c1-4-31-21(27)20-14(2)23-22(28)24-17(20)12-33-18(26)13-32-16-9-7-15(8-10-16)25(3)35(29,30)19-6-5-11-34-19/h5-11,14H,4,12-13H2,1-3H3,(H2,23,24,28). The number of rotatable bonds is 10. The molecular weight excluding hydrogens is 498 g/mol. The Kier molecular flexibility index (Phi) is 8.35. The fourth-order valence-corrected chi connectivity index (χ4v) is 5.52. The molecule has 1 unspecified atom stereocenters. The number of urea groups is 1. The summed E-state index contributed by atoms with van der Waals surface area (Å²) in [6, 6.07) is 8.20. The van der Waals surface area contributed by atoms with Crippen molar-refractivity contribution in [3.63, 3.8) is 0 Å². The fourth-order valence-electron chi connectivity index (χ4n) is 3.17. The fraction of sp³-hybridized carbons (Fsp3) is 0.318. The molecule has 1 aromatic heterocycles. The number of hydrogen-bond acceptors (Lipinski definition) is 9. The van der Waals surface area contributed by atoms with E-state index in [0.29, 0.717) is 11.4 Å². The van der Waals surface area contributed by atoms with Crippen LogP contribution in [-0.4, -0.2) is 59.3 Å². The number of hydrogen-bond donors (Lipinski definition) is 2. The predicted octanol–water partition coefficient (Wildman–Crippen LogP) is 2.01. The molecule has 35 heavy (non-hydrogen) atoms. The lowest BCUT2D eigenvalue weighted by Crippen LogP contribution is -2.50. The number of esters is 2. The second-order valence-corrected chi connectivity index (χ2v) is 10.4. The molecule has 0 spiro atoms. The van der Waals surface area contributed by atoms with Gasteiger partial charge >= 0.3 is 18.0 Å². The Labute approximate surface area is 206 Å². The second kappa shape index (κ2) is 11.2. The molecule has 1 aliphatic rings. The van der Waals surface area contributed by atoms with Crippen LogP contribution in [0.2, 0.25) is 0 Å². The van der Waals surface area contributed by atoms with E-state index in [0.717, 1.165) is 15.6 Å². The zero-order valence-electron chi connectivity index (χ0n) is 19.3. The molecule has 2 aromatic rings. The van der Waals surface area contributed by atoms with Crippen LogP contribution in [0.3, 0.4) is 0 Å². The largest absolute Gasteiger partial charge is 0.482 e. The summed E-state index contributed by atoms with van der Waals surface area (Å²) in [5, 5.41) is 6.70. The summed E-state index contributed by atoms with van der Waals surface area (Å²) < 4.78 is 42.2. The molecule has 0 fully saturated rings. The third kappa shape index (κ3) is 6.31. The van der Waals surface area contributed by atoms with Crippen LogP contribution in [0.1, 0.15) is 13.8 Å². The van der Waals surface area contributed by atoms with Gasteiger partial charge in [-0.2, -0.15) is 0 Å². The van der Waals surface area contributed by atoms with Gasteiger partial charge in [-0.05, 0) is 49.6 Å². The number of carbonyl (C=O) groups excluding carboxylic acids is 3. The zero-order valence-corrected chi connectivity index (χ0v) is 20.9. The summed E-state index contributed by atoms with van der Waals surface area (Å²) in [5.41, 5.74) is 0.715. The summed E-state index contributed by atoms with van der Waals surface area (Å²) in [7, 11) is -2.22. The first-order valence-electron chi connectivity index (χ1n) is 10.5. The van der Waals surface area contributed by atoms with Crippen LogP contribution in [0.15, 0.2) is 57.3 Å². The molecule has 2 amide bonds. The van der Waals surface area contributed by atoms with Gasteiger partial charge in [0.2, 0.25) is 0 Å². The number of amides is 2. The molecule has 188 valence electrons. The van der Waals surface area contributed by atoms with Gasteiger partial charge in [-0.25, -0.2) is 22.8 Å². The van der Waals surface area contributed by atoms with Gasteiger partial charge < -0.3 is 24.8 Å².